The second kappa shape index (κ2) is 9.90. The number of nitrogens with one attached hydrogen (secondary N) is 1. The lowest BCUT2D eigenvalue weighted by molar-refractivity contribution is -0.113. The number of carbonyl (C=O) groups excluding carboxylic acids is 1. The summed E-state index contributed by atoms with van der Waals surface area (Å²) < 4.78 is 2.07. The Morgan fingerprint density at radius 3 is 2.70 bits per heavy atom. The molecule has 0 radical (unpaired) electrons. The molecule has 0 bridgehead atoms. The number of anilines is 2. The van der Waals surface area contributed by atoms with Gasteiger partial charge in [-0.2, -0.15) is 4.98 Å². The number of carbonyl (C=O) groups is 1. The van der Waals surface area contributed by atoms with E-state index < -0.39 is 0 Å². The number of aryl methyl sites for hydroxylation is 1. The fraction of sp³-hybridized carbons (Fsp3) is 0.333. The summed E-state index contributed by atoms with van der Waals surface area (Å²) in [5.74, 6) is -0.0212. The summed E-state index contributed by atoms with van der Waals surface area (Å²) in [5.41, 5.74) is 2.04. The molecule has 7 nitrogen and oxygen atoms in total. The van der Waals surface area contributed by atoms with E-state index in [-0.39, 0.29) is 17.2 Å². The van der Waals surface area contributed by atoms with Crippen LogP contribution in [0.4, 0.5) is 10.8 Å². The number of hydrogen-bond donors (Lipinski definition) is 1. The molecule has 1 amide bonds. The molecule has 0 unspecified atom stereocenters. The molecular formula is C21H25N5O2S2. The number of fused-ring (bicyclic) bond motifs is 1. The third-order valence-corrected chi connectivity index (χ3v) is 6.64. The van der Waals surface area contributed by atoms with Gasteiger partial charge in [0.1, 0.15) is 4.70 Å². The molecule has 2 heterocycles. The molecule has 0 spiro atoms. The summed E-state index contributed by atoms with van der Waals surface area (Å²) in [6.45, 7) is 11.7. The summed E-state index contributed by atoms with van der Waals surface area (Å²) in [4.78, 5) is 36.7. The number of amides is 1. The summed E-state index contributed by atoms with van der Waals surface area (Å²) in [7, 11) is 0. The van der Waals surface area contributed by atoms with Gasteiger partial charge in [-0.05, 0) is 32.4 Å². The number of benzene rings is 1. The standard InChI is InChI=1S/C21H25N5O2S2/c1-5-12-26-19(28)17-18(23-20(30-17)25(6-2)7-3)24-21(26)29-13-16(27)22-15-11-9-8-10-14(15)4/h5,8-11H,1,6-7,12-13H2,2-4H3,(H,22,27). The van der Waals surface area contributed by atoms with Gasteiger partial charge < -0.3 is 10.2 Å². The molecule has 9 heteroatoms. The van der Waals surface area contributed by atoms with Crippen LogP contribution >= 0.6 is 23.1 Å². The highest BCUT2D eigenvalue weighted by Gasteiger charge is 2.18. The van der Waals surface area contributed by atoms with E-state index in [9.17, 15) is 9.59 Å². The van der Waals surface area contributed by atoms with Crippen molar-refractivity contribution in [2.75, 3.05) is 29.1 Å². The molecule has 30 heavy (non-hydrogen) atoms. The monoisotopic (exact) mass is 443 g/mol. The summed E-state index contributed by atoms with van der Waals surface area (Å²) in [6, 6.07) is 7.60. The minimum absolute atomic E-state index is 0.135. The SMILES string of the molecule is C=CCn1c(SCC(=O)Nc2ccccc2C)nc2nc(N(CC)CC)sc2c1=O. The highest BCUT2D eigenvalue weighted by Crippen LogP contribution is 2.27. The number of aromatic nitrogens is 3. The Morgan fingerprint density at radius 2 is 2.03 bits per heavy atom. The number of thioether (sulfide) groups is 1. The van der Waals surface area contributed by atoms with E-state index in [4.69, 9.17) is 0 Å². The van der Waals surface area contributed by atoms with Crippen LogP contribution in [0.3, 0.4) is 0 Å². The fourth-order valence-electron chi connectivity index (χ4n) is 2.94. The normalized spacial score (nSPS) is 10.9. The lowest BCUT2D eigenvalue weighted by Crippen LogP contribution is -2.23. The maximum absolute atomic E-state index is 13.0. The van der Waals surface area contributed by atoms with Crippen LogP contribution in [0.5, 0.6) is 0 Å². The van der Waals surface area contributed by atoms with E-state index in [1.54, 1.807) is 10.6 Å². The smallest absolute Gasteiger partial charge is 0.274 e. The van der Waals surface area contributed by atoms with Crippen LogP contribution in [-0.2, 0) is 11.3 Å². The van der Waals surface area contributed by atoms with Crippen molar-refractivity contribution in [2.24, 2.45) is 0 Å². The van der Waals surface area contributed by atoms with Crippen molar-refractivity contribution in [1.82, 2.24) is 14.5 Å². The number of nitrogens with zero attached hydrogens (tertiary/aromatic N) is 4. The number of rotatable bonds is 9. The van der Waals surface area contributed by atoms with Crippen LogP contribution < -0.4 is 15.8 Å². The molecule has 1 N–H and O–H groups in total. The van der Waals surface area contributed by atoms with E-state index in [0.717, 1.165) is 29.5 Å². The van der Waals surface area contributed by atoms with Gasteiger partial charge in [0, 0.05) is 25.3 Å². The van der Waals surface area contributed by atoms with Crippen molar-refractivity contribution in [3.8, 4) is 0 Å². The van der Waals surface area contributed by atoms with Crippen LogP contribution in [0.2, 0.25) is 0 Å². The molecule has 0 aliphatic rings. The Labute approximate surface area is 183 Å². The minimum Gasteiger partial charge on any atom is -0.349 e. The second-order valence-corrected chi connectivity index (χ2v) is 8.49. The average Bonchev–Trinajstić information content (AvgIpc) is 3.15. The van der Waals surface area contributed by atoms with Gasteiger partial charge in [0.15, 0.2) is 15.9 Å². The van der Waals surface area contributed by atoms with Gasteiger partial charge in [0.2, 0.25) is 5.91 Å². The molecule has 0 aliphatic heterocycles. The Balaban J connectivity index is 1.87. The van der Waals surface area contributed by atoms with Crippen LogP contribution in [-0.4, -0.2) is 39.3 Å². The number of para-hydroxylation sites is 1. The molecule has 0 saturated heterocycles. The Hall–Kier alpha value is -2.65. The van der Waals surface area contributed by atoms with Crippen molar-refractivity contribution in [1.29, 1.82) is 0 Å². The highest BCUT2D eigenvalue weighted by molar-refractivity contribution is 7.99. The van der Waals surface area contributed by atoms with Gasteiger partial charge >= 0.3 is 0 Å². The van der Waals surface area contributed by atoms with Crippen molar-refractivity contribution < 1.29 is 4.79 Å². The fourth-order valence-corrected chi connectivity index (χ4v) is 4.81. The second-order valence-electron chi connectivity index (χ2n) is 6.57. The molecule has 0 fully saturated rings. The molecule has 3 rings (SSSR count). The Kier molecular flexibility index (Phi) is 7.28. The highest BCUT2D eigenvalue weighted by atomic mass is 32.2. The van der Waals surface area contributed by atoms with Crippen molar-refractivity contribution in [3.05, 3.63) is 52.8 Å². The molecular weight excluding hydrogens is 418 g/mol. The molecule has 0 atom stereocenters. The predicted molar refractivity (Wildman–Crippen MR) is 126 cm³/mol. The maximum Gasteiger partial charge on any atom is 0.274 e. The van der Waals surface area contributed by atoms with Crippen LogP contribution in [0.15, 0.2) is 46.9 Å². The minimum atomic E-state index is -0.157. The Bertz CT molecular complexity index is 1120. The van der Waals surface area contributed by atoms with Gasteiger partial charge in [0.05, 0.1) is 5.75 Å². The first-order valence-electron chi connectivity index (χ1n) is 9.73. The molecule has 158 valence electrons. The number of allylic oxidation sites excluding steroid dienone is 1. The van der Waals surface area contributed by atoms with Gasteiger partial charge in [-0.25, -0.2) is 4.98 Å². The molecule has 2 aromatic heterocycles. The molecule has 3 aromatic rings. The van der Waals surface area contributed by atoms with E-state index >= 15 is 0 Å². The average molecular weight is 444 g/mol. The zero-order valence-electron chi connectivity index (χ0n) is 17.3. The summed E-state index contributed by atoms with van der Waals surface area (Å²) >= 11 is 2.58. The van der Waals surface area contributed by atoms with Crippen molar-refractivity contribution >= 4 is 50.2 Å². The number of hydrogen-bond acceptors (Lipinski definition) is 7. The predicted octanol–water partition coefficient (Wildman–Crippen LogP) is 3.92. The largest absolute Gasteiger partial charge is 0.349 e. The molecule has 1 aromatic carbocycles. The third kappa shape index (κ3) is 4.73. The zero-order chi connectivity index (χ0) is 21.7. The van der Waals surface area contributed by atoms with Crippen LogP contribution in [0.25, 0.3) is 10.3 Å². The van der Waals surface area contributed by atoms with E-state index in [2.05, 4.69) is 26.8 Å². The summed E-state index contributed by atoms with van der Waals surface area (Å²) in [6.07, 6.45) is 1.65. The van der Waals surface area contributed by atoms with Gasteiger partial charge in [-0.15, -0.1) is 6.58 Å². The maximum atomic E-state index is 13.0. The van der Waals surface area contributed by atoms with Gasteiger partial charge in [0.25, 0.3) is 5.56 Å². The van der Waals surface area contributed by atoms with E-state index in [1.807, 2.05) is 45.0 Å². The van der Waals surface area contributed by atoms with Crippen molar-refractivity contribution in [3.63, 3.8) is 0 Å². The lowest BCUT2D eigenvalue weighted by atomic mass is 10.2. The lowest BCUT2D eigenvalue weighted by Gasteiger charge is -2.15. The topological polar surface area (TPSA) is 80.1 Å². The number of thiazole rings is 1. The molecule has 0 aliphatic carbocycles. The first-order chi connectivity index (χ1) is 14.5. The third-order valence-electron chi connectivity index (χ3n) is 4.57. The van der Waals surface area contributed by atoms with E-state index in [1.165, 1.54) is 23.1 Å². The quantitative estimate of drug-likeness (QED) is 0.307. The Morgan fingerprint density at radius 1 is 1.30 bits per heavy atom. The van der Waals surface area contributed by atoms with Crippen LogP contribution in [0, 0.1) is 6.92 Å². The van der Waals surface area contributed by atoms with E-state index in [0.29, 0.717) is 22.0 Å². The first kappa shape index (κ1) is 22.0. The van der Waals surface area contributed by atoms with Gasteiger partial charge in [-0.1, -0.05) is 47.4 Å². The summed E-state index contributed by atoms with van der Waals surface area (Å²) in [5, 5.41) is 4.15. The van der Waals surface area contributed by atoms with Crippen molar-refractivity contribution in [2.45, 2.75) is 32.5 Å². The van der Waals surface area contributed by atoms with Gasteiger partial charge in [-0.3, -0.25) is 14.2 Å². The van der Waals surface area contributed by atoms with Crippen LogP contribution in [0.1, 0.15) is 19.4 Å². The first-order valence-corrected chi connectivity index (χ1v) is 11.5. The molecule has 0 saturated carbocycles. The zero-order valence-corrected chi connectivity index (χ0v) is 19.0.